The number of nitrogens with zero attached hydrogens (tertiary/aromatic N) is 4. The number of anilines is 1. The average Bonchev–Trinajstić information content (AvgIpc) is 2.96. The largest absolute Gasteiger partial charge is 0.504 e. The second-order valence-electron chi connectivity index (χ2n) is 5.64. The van der Waals surface area contributed by atoms with Crippen LogP contribution in [0.3, 0.4) is 0 Å². The van der Waals surface area contributed by atoms with Crippen molar-refractivity contribution >= 4 is 17.0 Å². The van der Waals surface area contributed by atoms with Crippen LogP contribution in [0.15, 0.2) is 30.9 Å². The number of rotatable bonds is 5. The van der Waals surface area contributed by atoms with Crippen molar-refractivity contribution in [2.75, 3.05) is 11.9 Å². The summed E-state index contributed by atoms with van der Waals surface area (Å²) in [5.74, 6) is 0.471. The second kappa shape index (κ2) is 6.12. The fourth-order valence-electron chi connectivity index (χ4n) is 2.41. The van der Waals surface area contributed by atoms with Gasteiger partial charge in [-0.25, -0.2) is 15.0 Å². The van der Waals surface area contributed by atoms with Gasteiger partial charge in [-0.1, -0.05) is 6.07 Å². The van der Waals surface area contributed by atoms with Crippen molar-refractivity contribution in [2.45, 2.75) is 26.3 Å². The van der Waals surface area contributed by atoms with Gasteiger partial charge in [0, 0.05) is 12.6 Å². The summed E-state index contributed by atoms with van der Waals surface area (Å²) in [6.45, 7) is 4.78. The van der Waals surface area contributed by atoms with Gasteiger partial charge in [0.1, 0.15) is 11.8 Å². The summed E-state index contributed by atoms with van der Waals surface area (Å²) in [5, 5.41) is 22.1. The quantitative estimate of drug-likeness (QED) is 0.626. The van der Waals surface area contributed by atoms with E-state index in [0.29, 0.717) is 18.8 Å². The Morgan fingerprint density at radius 3 is 2.70 bits per heavy atom. The van der Waals surface area contributed by atoms with Crippen molar-refractivity contribution in [3.05, 3.63) is 36.4 Å². The predicted molar refractivity (Wildman–Crippen MR) is 87.7 cm³/mol. The number of phenolic OH excluding ortho intramolecular Hbond substituents is 2. The summed E-state index contributed by atoms with van der Waals surface area (Å²) < 4.78 is 2.00. The predicted octanol–water partition coefficient (Wildman–Crippen LogP) is 2.47. The highest BCUT2D eigenvalue weighted by Gasteiger charge is 2.11. The first-order valence-electron chi connectivity index (χ1n) is 7.48. The van der Waals surface area contributed by atoms with E-state index in [4.69, 9.17) is 0 Å². The highest BCUT2D eigenvalue weighted by molar-refractivity contribution is 5.82. The summed E-state index contributed by atoms with van der Waals surface area (Å²) >= 11 is 0. The Balaban J connectivity index is 1.73. The SMILES string of the molecule is CC(C)n1cnc2c(NCCc3ccc(O)c(O)c3)ncnc21. The molecule has 0 fully saturated rings. The summed E-state index contributed by atoms with van der Waals surface area (Å²) in [5.41, 5.74) is 2.47. The van der Waals surface area contributed by atoms with Gasteiger partial charge in [-0.05, 0) is 38.0 Å². The van der Waals surface area contributed by atoms with E-state index in [-0.39, 0.29) is 17.5 Å². The van der Waals surface area contributed by atoms with Crippen molar-refractivity contribution < 1.29 is 10.2 Å². The molecular formula is C16H19N5O2. The van der Waals surface area contributed by atoms with Crippen molar-refractivity contribution in [3.63, 3.8) is 0 Å². The minimum absolute atomic E-state index is 0.109. The fourth-order valence-corrected chi connectivity index (χ4v) is 2.41. The number of hydrogen-bond acceptors (Lipinski definition) is 6. The van der Waals surface area contributed by atoms with E-state index in [9.17, 15) is 10.2 Å². The molecule has 0 atom stereocenters. The van der Waals surface area contributed by atoms with Gasteiger partial charge in [0.15, 0.2) is 23.0 Å². The molecule has 0 aliphatic rings. The third kappa shape index (κ3) is 3.03. The maximum absolute atomic E-state index is 9.51. The minimum Gasteiger partial charge on any atom is -0.504 e. The maximum atomic E-state index is 9.51. The van der Waals surface area contributed by atoms with Gasteiger partial charge >= 0.3 is 0 Å². The van der Waals surface area contributed by atoms with Gasteiger partial charge in [-0.2, -0.15) is 0 Å². The number of fused-ring (bicyclic) bond motifs is 1. The first-order chi connectivity index (χ1) is 11.1. The van der Waals surface area contributed by atoms with Crippen LogP contribution in [0.4, 0.5) is 5.82 Å². The van der Waals surface area contributed by atoms with E-state index in [1.165, 1.54) is 12.4 Å². The Morgan fingerprint density at radius 2 is 1.96 bits per heavy atom. The van der Waals surface area contributed by atoms with Gasteiger partial charge in [0.2, 0.25) is 0 Å². The van der Waals surface area contributed by atoms with Crippen LogP contribution in [-0.4, -0.2) is 36.3 Å². The van der Waals surface area contributed by atoms with Gasteiger partial charge in [-0.15, -0.1) is 0 Å². The minimum atomic E-state index is -0.113. The average molecular weight is 313 g/mol. The topological polar surface area (TPSA) is 96.1 Å². The van der Waals surface area contributed by atoms with Crippen LogP contribution < -0.4 is 5.32 Å². The molecule has 0 bridgehead atoms. The van der Waals surface area contributed by atoms with Crippen LogP contribution in [-0.2, 0) is 6.42 Å². The second-order valence-corrected chi connectivity index (χ2v) is 5.64. The molecule has 3 aromatic rings. The number of aromatic hydroxyl groups is 2. The zero-order chi connectivity index (χ0) is 16.4. The fraction of sp³-hybridized carbons (Fsp3) is 0.312. The molecule has 1 aromatic carbocycles. The van der Waals surface area contributed by atoms with E-state index in [0.717, 1.165) is 16.7 Å². The molecule has 0 saturated heterocycles. The Kier molecular flexibility index (Phi) is 4.01. The van der Waals surface area contributed by atoms with Crippen LogP contribution in [0, 0.1) is 0 Å². The molecule has 2 heterocycles. The highest BCUT2D eigenvalue weighted by Crippen LogP contribution is 2.25. The van der Waals surface area contributed by atoms with Crippen molar-refractivity contribution in [2.24, 2.45) is 0 Å². The van der Waals surface area contributed by atoms with E-state index in [2.05, 4.69) is 34.1 Å². The smallest absolute Gasteiger partial charge is 0.165 e. The molecule has 0 unspecified atom stereocenters. The molecule has 0 amide bonds. The maximum Gasteiger partial charge on any atom is 0.165 e. The normalized spacial score (nSPS) is 11.3. The summed E-state index contributed by atoms with van der Waals surface area (Å²) in [6.07, 6.45) is 3.98. The van der Waals surface area contributed by atoms with Gasteiger partial charge < -0.3 is 20.1 Å². The molecule has 0 aliphatic carbocycles. The number of benzene rings is 1. The number of imidazole rings is 1. The molecule has 0 spiro atoms. The van der Waals surface area contributed by atoms with Crippen molar-refractivity contribution in [1.82, 2.24) is 19.5 Å². The molecule has 0 aliphatic heterocycles. The molecule has 0 saturated carbocycles. The lowest BCUT2D eigenvalue weighted by molar-refractivity contribution is 0.403. The summed E-state index contributed by atoms with van der Waals surface area (Å²) in [7, 11) is 0. The lowest BCUT2D eigenvalue weighted by Gasteiger charge is -2.09. The van der Waals surface area contributed by atoms with Crippen molar-refractivity contribution in [3.8, 4) is 11.5 Å². The Bertz CT molecular complexity index is 828. The number of hydrogen-bond donors (Lipinski definition) is 3. The van der Waals surface area contributed by atoms with Crippen LogP contribution in [0.2, 0.25) is 0 Å². The lowest BCUT2D eigenvalue weighted by atomic mass is 10.1. The van der Waals surface area contributed by atoms with E-state index < -0.39 is 0 Å². The van der Waals surface area contributed by atoms with Crippen LogP contribution in [0.5, 0.6) is 11.5 Å². The van der Waals surface area contributed by atoms with Gasteiger partial charge in [0.05, 0.1) is 6.33 Å². The highest BCUT2D eigenvalue weighted by atomic mass is 16.3. The van der Waals surface area contributed by atoms with E-state index >= 15 is 0 Å². The molecule has 3 N–H and O–H groups in total. The first kappa shape index (κ1) is 15.1. The van der Waals surface area contributed by atoms with Crippen LogP contribution in [0.1, 0.15) is 25.5 Å². The van der Waals surface area contributed by atoms with Gasteiger partial charge in [-0.3, -0.25) is 0 Å². The monoisotopic (exact) mass is 313 g/mol. The summed E-state index contributed by atoms with van der Waals surface area (Å²) in [4.78, 5) is 12.9. The standard InChI is InChI=1S/C16H19N5O2/c1-10(2)21-9-20-14-15(18-8-19-16(14)21)17-6-5-11-3-4-12(22)13(23)7-11/h3-4,7-10,22-23H,5-6H2,1-2H3,(H,17,18,19). The molecule has 120 valence electrons. The molecule has 0 radical (unpaired) electrons. The molecule has 23 heavy (non-hydrogen) atoms. The molecule has 3 rings (SSSR count). The molecule has 2 aromatic heterocycles. The zero-order valence-corrected chi connectivity index (χ0v) is 13.1. The Labute approximate surface area is 133 Å². The number of aromatic nitrogens is 4. The molecule has 7 heteroatoms. The molecular weight excluding hydrogens is 294 g/mol. The first-order valence-corrected chi connectivity index (χ1v) is 7.48. The summed E-state index contributed by atoms with van der Waals surface area (Å²) in [6, 6.07) is 5.10. The lowest BCUT2D eigenvalue weighted by Crippen LogP contribution is -2.07. The third-order valence-corrected chi connectivity index (χ3v) is 3.66. The number of nitrogens with one attached hydrogen (secondary N) is 1. The van der Waals surface area contributed by atoms with E-state index in [1.54, 1.807) is 18.5 Å². The Morgan fingerprint density at radius 1 is 1.13 bits per heavy atom. The Hall–Kier alpha value is -2.83. The van der Waals surface area contributed by atoms with Crippen molar-refractivity contribution in [1.29, 1.82) is 0 Å². The number of phenols is 2. The van der Waals surface area contributed by atoms with E-state index in [1.807, 2.05) is 4.57 Å². The molecule has 7 nitrogen and oxygen atoms in total. The van der Waals surface area contributed by atoms with Crippen LogP contribution in [0.25, 0.3) is 11.2 Å². The third-order valence-electron chi connectivity index (χ3n) is 3.66. The van der Waals surface area contributed by atoms with Gasteiger partial charge in [0.25, 0.3) is 0 Å². The van der Waals surface area contributed by atoms with Crippen LogP contribution >= 0.6 is 0 Å². The zero-order valence-electron chi connectivity index (χ0n) is 13.1.